The molecule has 1 aliphatic heterocycles. The van der Waals surface area contributed by atoms with Crippen molar-refractivity contribution in [1.29, 1.82) is 0 Å². The molecule has 0 amide bonds. The third-order valence-electron chi connectivity index (χ3n) is 5.52. The average Bonchev–Trinajstić information content (AvgIpc) is 3.33. The Balaban J connectivity index is 1.61. The maximum absolute atomic E-state index is 6.02. The fourth-order valence-corrected chi connectivity index (χ4v) is 3.78. The van der Waals surface area contributed by atoms with Gasteiger partial charge < -0.3 is 18.9 Å². The molecule has 0 bridgehead atoms. The maximum Gasteiger partial charge on any atom is 0.118 e. The second-order valence-corrected chi connectivity index (χ2v) is 7.48. The number of benzene rings is 3. The van der Waals surface area contributed by atoms with Crippen LogP contribution in [0.15, 0.2) is 66.7 Å². The van der Waals surface area contributed by atoms with Gasteiger partial charge in [0, 0.05) is 6.61 Å². The van der Waals surface area contributed by atoms with Crippen LogP contribution in [-0.4, -0.2) is 33.5 Å². The normalized spacial score (nSPS) is 15.9. The zero-order valence-corrected chi connectivity index (χ0v) is 17.6. The van der Waals surface area contributed by atoms with Gasteiger partial charge in [0.05, 0.1) is 33.5 Å². The van der Waals surface area contributed by atoms with Gasteiger partial charge in [0.1, 0.15) is 11.5 Å². The molecule has 0 radical (unpaired) electrons. The molecule has 4 nitrogen and oxygen atoms in total. The third kappa shape index (κ3) is 4.84. The Morgan fingerprint density at radius 3 is 2.03 bits per heavy atom. The van der Waals surface area contributed by atoms with E-state index in [1.54, 1.807) is 14.2 Å². The van der Waals surface area contributed by atoms with Gasteiger partial charge in [-0.2, -0.15) is 0 Å². The molecule has 1 atom stereocenters. The number of hydrogen-bond acceptors (Lipinski definition) is 4. The minimum atomic E-state index is 0.230. The molecule has 0 N–H and O–H groups in total. The summed E-state index contributed by atoms with van der Waals surface area (Å²) in [5.74, 6) is 1.70. The van der Waals surface area contributed by atoms with Gasteiger partial charge in [-0.25, -0.2) is 0 Å². The molecular weight excluding hydrogens is 376 g/mol. The molecule has 156 valence electrons. The van der Waals surface area contributed by atoms with E-state index >= 15 is 0 Å². The molecule has 1 unspecified atom stereocenters. The van der Waals surface area contributed by atoms with Gasteiger partial charge in [-0.3, -0.25) is 0 Å². The maximum atomic E-state index is 6.02. The lowest BCUT2D eigenvalue weighted by Crippen LogP contribution is -2.14. The van der Waals surface area contributed by atoms with Crippen molar-refractivity contribution in [2.75, 3.05) is 27.4 Å². The van der Waals surface area contributed by atoms with E-state index in [1.165, 1.54) is 5.56 Å². The van der Waals surface area contributed by atoms with Gasteiger partial charge in [0.15, 0.2) is 0 Å². The Hall–Kier alpha value is -2.82. The first-order valence-corrected chi connectivity index (χ1v) is 10.4. The lowest BCUT2D eigenvalue weighted by Gasteiger charge is -2.15. The number of ether oxygens (including phenoxy) is 4. The zero-order valence-electron chi connectivity index (χ0n) is 17.6. The van der Waals surface area contributed by atoms with E-state index in [4.69, 9.17) is 18.9 Å². The molecule has 1 saturated heterocycles. The fraction of sp³-hybridized carbons (Fsp3) is 0.308. The van der Waals surface area contributed by atoms with Crippen molar-refractivity contribution in [3.05, 3.63) is 72.3 Å². The number of rotatable bonds is 8. The fourth-order valence-electron chi connectivity index (χ4n) is 3.78. The van der Waals surface area contributed by atoms with Gasteiger partial charge >= 0.3 is 0 Å². The van der Waals surface area contributed by atoms with Gasteiger partial charge in [0.25, 0.3) is 0 Å². The summed E-state index contributed by atoms with van der Waals surface area (Å²) in [5, 5.41) is 0. The van der Waals surface area contributed by atoms with Crippen molar-refractivity contribution in [2.24, 2.45) is 0 Å². The van der Waals surface area contributed by atoms with Crippen molar-refractivity contribution in [3.63, 3.8) is 0 Å². The minimum absolute atomic E-state index is 0.230. The van der Waals surface area contributed by atoms with Crippen molar-refractivity contribution in [2.45, 2.75) is 25.6 Å². The Morgan fingerprint density at radius 1 is 0.800 bits per heavy atom. The summed E-state index contributed by atoms with van der Waals surface area (Å²) in [7, 11) is 3.37. The summed E-state index contributed by atoms with van der Waals surface area (Å²) in [6.45, 7) is 2.05. The van der Waals surface area contributed by atoms with Crippen molar-refractivity contribution in [1.82, 2.24) is 0 Å². The van der Waals surface area contributed by atoms with E-state index in [9.17, 15) is 0 Å². The average molecular weight is 405 g/mol. The third-order valence-corrected chi connectivity index (χ3v) is 5.52. The van der Waals surface area contributed by atoms with Crippen LogP contribution in [0.1, 0.15) is 18.4 Å². The highest BCUT2D eigenvalue weighted by atomic mass is 16.5. The van der Waals surface area contributed by atoms with Crippen molar-refractivity contribution >= 4 is 0 Å². The molecule has 1 aliphatic rings. The predicted molar refractivity (Wildman–Crippen MR) is 119 cm³/mol. The van der Waals surface area contributed by atoms with Crippen LogP contribution in [-0.2, 0) is 16.1 Å². The van der Waals surface area contributed by atoms with Crippen LogP contribution >= 0.6 is 0 Å². The zero-order chi connectivity index (χ0) is 20.8. The Kier molecular flexibility index (Phi) is 6.67. The van der Waals surface area contributed by atoms with E-state index in [0.29, 0.717) is 13.2 Å². The quantitative estimate of drug-likeness (QED) is 0.480. The Bertz CT molecular complexity index is 942. The summed E-state index contributed by atoms with van der Waals surface area (Å²) in [6.07, 6.45) is 2.44. The molecule has 4 heteroatoms. The van der Waals surface area contributed by atoms with Gasteiger partial charge in [-0.15, -0.1) is 0 Å². The van der Waals surface area contributed by atoms with Crippen LogP contribution in [0.25, 0.3) is 22.3 Å². The highest BCUT2D eigenvalue weighted by Crippen LogP contribution is 2.32. The van der Waals surface area contributed by atoms with Crippen LogP contribution in [0.4, 0.5) is 0 Å². The van der Waals surface area contributed by atoms with Crippen LogP contribution in [0, 0.1) is 0 Å². The minimum Gasteiger partial charge on any atom is -0.497 e. The first-order chi connectivity index (χ1) is 14.8. The van der Waals surface area contributed by atoms with Crippen LogP contribution in [0.2, 0.25) is 0 Å². The van der Waals surface area contributed by atoms with Crippen molar-refractivity contribution in [3.8, 4) is 33.8 Å². The molecule has 3 aromatic carbocycles. The molecule has 0 aliphatic carbocycles. The van der Waals surface area contributed by atoms with Gasteiger partial charge in [0.2, 0.25) is 0 Å². The summed E-state index contributed by atoms with van der Waals surface area (Å²) in [4.78, 5) is 0. The van der Waals surface area contributed by atoms with Crippen LogP contribution < -0.4 is 9.47 Å². The second kappa shape index (κ2) is 9.79. The van der Waals surface area contributed by atoms with E-state index in [2.05, 4.69) is 42.5 Å². The van der Waals surface area contributed by atoms with Crippen LogP contribution in [0.5, 0.6) is 11.5 Å². The topological polar surface area (TPSA) is 36.9 Å². The molecular formula is C26H28O4. The molecule has 4 rings (SSSR count). The summed E-state index contributed by atoms with van der Waals surface area (Å²) < 4.78 is 22.3. The highest BCUT2D eigenvalue weighted by Gasteiger charge is 2.16. The molecule has 3 aromatic rings. The lowest BCUT2D eigenvalue weighted by molar-refractivity contribution is 0.0107. The molecule has 1 heterocycles. The van der Waals surface area contributed by atoms with E-state index in [-0.39, 0.29) is 6.10 Å². The summed E-state index contributed by atoms with van der Waals surface area (Å²) >= 11 is 0. The second-order valence-electron chi connectivity index (χ2n) is 7.48. The SMILES string of the molecule is COc1ccc(-c2ccc(COCC3CCCO3)c(-c3ccc(OC)cc3)c2)cc1. The lowest BCUT2D eigenvalue weighted by atomic mass is 9.94. The largest absolute Gasteiger partial charge is 0.497 e. The summed E-state index contributed by atoms with van der Waals surface area (Å²) in [6, 6.07) is 22.9. The van der Waals surface area contributed by atoms with Crippen LogP contribution in [0.3, 0.4) is 0 Å². The van der Waals surface area contributed by atoms with Gasteiger partial charge in [-0.1, -0.05) is 36.4 Å². The molecule has 1 fully saturated rings. The number of hydrogen-bond donors (Lipinski definition) is 0. The Labute approximate surface area is 178 Å². The molecule has 30 heavy (non-hydrogen) atoms. The summed E-state index contributed by atoms with van der Waals surface area (Å²) in [5.41, 5.74) is 5.78. The van der Waals surface area contributed by atoms with Gasteiger partial charge in [-0.05, 0) is 71.0 Å². The molecule has 0 spiro atoms. The van der Waals surface area contributed by atoms with E-state index in [0.717, 1.165) is 53.2 Å². The molecule has 0 aromatic heterocycles. The monoisotopic (exact) mass is 404 g/mol. The first kappa shape index (κ1) is 20.5. The molecule has 0 saturated carbocycles. The Morgan fingerprint density at radius 2 is 1.43 bits per heavy atom. The standard InChI is InChI=1S/C26H28O4/c1-27-23-11-7-19(8-12-23)21-5-6-22(17-29-18-25-4-3-15-30-25)26(16-21)20-9-13-24(28-2)14-10-20/h5-14,16,25H,3-4,15,17-18H2,1-2H3. The van der Waals surface area contributed by atoms with E-state index < -0.39 is 0 Å². The predicted octanol–water partition coefficient (Wildman–Crippen LogP) is 5.73. The first-order valence-electron chi connectivity index (χ1n) is 10.4. The van der Waals surface area contributed by atoms with Crippen molar-refractivity contribution < 1.29 is 18.9 Å². The smallest absolute Gasteiger partial charge is 0.118 e. The van der Waals surface area contributed by atoms with E-state index in [1.807, 2.05) is 24.3 Å². The number of methoxy groups -OCH3 is 2. The highest BCUT2D eigenvalue weighted by molar-refractivity contribution is 5.76.